The highest BCUT2D eigenvalue weighted by Crippen LogP contribution is 2.44. The number of ether oxygens (including phenoxy) is 1. The topological polar surface area (TPSA) is 105 Å². The molecule has 0 saturated carbocycles. The molecule has 1 aliphatic rings. The third-order valence-electron chi connectivity index (χ3n) is 5.62. The number of carboxylic acid groups (broad SMARTS) is 1. The van der Waals surface area contributed by atoms with E-state index in [1.807, 2.05) is 46.9 Å². The molecular formula is C26H23IN2O5. The van der Waals surface area contributed by atoms with Crippen molar-refractivity contribution in [1.29, 1.82) is 0 Å². The van der Waals surface area contributed by atoms with Crippen molar-refractivity contribution in [2.75, 3.05) is 18.5 Å². The number of hydrogen-bond acceptors (Lipinski definition) is 4. The quantitative estimate of drug-likeness (QED) is 0.254. The van der Waals surface area contributed by atoms with E-state index >= 15 is 0 Å². The van der Waals surface area contributed by atoms with E-state index in [2.05, 4.69) is 34.9 Å². The number of amides is 2. The number of carboxylic acids is 1. The van der Waals surface area contributed by atoms with E-state index < -0.39 is 12.1 Å². The zero-order valence-electron chi connectivity index (χ0n) is 18.2. The second kappa shape index (κ2) is 10.7. The number of carbonyl (C=O) groups excluding carboxylic acids is 2. The maximum absolute atomic E-state index is 12.2. The molecule has 0 atom stereocenters. The number of aromatic carboxylic acids is 1. The van der Waals surface area contributed by atoms with Crippen molar-refractivity contribution in [2.24, 2.45) is 0 Å². The second-order valence-corrected chi connectivity index (χ2v) is 9.18. The molecule has 0 unspecified atom stereocenters. The Morgan fingerprint density at radius 3 is 2.24 bits per heavy atom. The summed E-state index contributed by atoms with van der Waals surface area (Å²) in [5.41, 5.74) is 5.17. The fourth-order valence-electron chi connectivity index (χ4n) is 4.10. The van der Waals surface area contributed by atoms with Crippen LogP contribution in [0.4, 0.5) is 10.5 Å². The van der Waals surface area contributed by atoms with Crippen LogP contribution >= 0.6 is 22.6 Å². The smallest absolute Gasteiger partial charge is 0.407 e. The number of rotatable bonds is 8. The van der Waals surface area contributed by atoms with Gasteiger partial charge >= 0.3 is 12.1 Å². The molecule has 0 saturated heterocycles. The summed E-state index contributed by atoms with van der Waals surface area (Å²) in [6.45, 7) is 0.524. The molecule has 3 aromatic carbocycles. The van der Waals surface area contributed by atoms with E-state index in [9.17, 15) is 14.4 Å². The van der Waals surface area contributed by atoms with Crippen LogP contribution in [-0.4, -0.2) is 36.2 Å². The number of halogens is 1. The van der Waals surface area contributed by atoms with Gasteiger partial charge in [0.05, 0.1) is 5.56 Å². The standard InChI is InChI=1S/C26H23IN2O5/c27-17-12-16(25(31)32)13-18(14-17)29-24(30)10-5-11-28-26(33)34-15-23-21-8-3-1-6-19(21)20-7-2-4-9-22(20)23/h1-4,6-9,12-14,23H,5,10-11,15H2,(H,28,33)(H,29,30)(H,31,32). The Hall–Kier alpha value is -3.40. The van der Waals surface area contributed by atoms with Crippen LogP contribution in [0.1, 0.15) is 40.2 Å². The fraction of sp³-hybridized carbons (Fsp3) is 0.192. The average molecular weight is 570 g/mol. The number of fused-ring (bicyclic) bond motifs is 3. The number of carbonyl (C=O) groups is 3. The number of nitrogens with one attached hydrogen (secondary N) is 2. The zero-order valence-corrected chi connectivity index (χ0v) is 20.4. The largest absolute Gasteiger partial charge is 0.478 e. The van der Waals surface area contributed by atoms with Crippen molar-refractivity contribution in [3.05, 3.63) is 87.0 Å². The van der Waals surface area contributed by atoms with Gasteiger partial charge in [-0.05, 0) is 69.5 Å². The van der Waals surface area contributed by atoms with Crippen LogP contribution in [0, 0.1) is 3.57 Å². The summed E-state index contributed by atoms with van der Waals surface area (Å²) in [4.78, 5) is 35.5. The van der Waals surface area contributed by atoms with Gasteiger partial charge in [0.15, 0.2) is 0 Å². The Labute approximate surface area is 210 Å². The SMILES string of the molecule is O=C(CCCNC(=O)OCC1c2ccccc2-c2ccccc21)Nc1cc(I)cc(C(=O)O)c1. The zero-order chi connectivity index (χ0) is 24.1. The number of benzene rings is 3. The van der Waals surface area contributed by atoms with Gasteiger partial charge < -0.3 is 20.5 Å². The molecule has 1 aliphatic carbocycles. The molecule has 0 aliphatic heterocycles. The monoisotopic (exact) mass is 570 g/mol. The Morgan fingerprint density at radius 2 is 1.59 bits per heavy atom. The molecule has 8 heteroatoms. The molecule has 4 rings (SSSR count). The summed E-state index contributed by atoms with van der Waals surface area (Å²) in [5, 5.41) is 14.5. The van der Waals surface area contributed by atoms with Gasteiger partial charge in [0, 0.05) is 28.1 Å². The molecule has 3 aromatic rings. The van der Waals surface area contributed by atoms with Crippen molar-refractivity contribution in [3.63, 3.8) is 0 Å². The first-order valence-corrected chi connectivity index (χ1v) is 11.9. The molecule has 3 N–H and O–H groups in total. The first-order valence-electron chi connectivity index (χ1n) is 10.8. The van der Waals surface area contributed by atoms with Crippen molar-refractivity contribution >= 4 is 46.2 Å². The summed E-state index contributed by atoms with van der Waals surface area (Å²) in [6, 6.07) is 20.9. The Kier molecular flexibility index (Phi) is 7.46. The number of anilines is 1. The maximum atomic E-state index is 12.2. The molecule has 0 spiro atoms. The molecule has 2 amide bonds. The summed E-state index contributed by atoms with van der Waals surface area (Å²) in [7, 11) is 0. The Bertz CT molecular complexity index is 1200. The maximum Gasteiger partial charge on any atom is 0.407 e. The highest BCUT2D eigenvalue weighted by atomic mass is 127. The molecule has 7 nitrogen and oxygen atoms in total. The summed E-state index contributed by atoms with van der Waals surface area (Å²) in [6.07, 6.45) is 0.0782. The van der Waals surface area contributed by atoms with Crippen molar-refractivity contribution in [3.8, 4) is 11.1 Å². The minimum atomic E-state index is -1.05. The highest BCUT2D eigenvalue weighted by molar-refractivity contribution is 14.1. The lowest BCUT2D eigenvalue weighted by molar-refractivity contribution is -0.116. The molecule has 34 heavy (non-hydrogen) atoms. The van der Waals surface area contributed by atoms with Gasteiger partial charge in [0.25, 0.3) is 0 Å². The van der Waals surface area contributed by atoms with Gasteiger partial charge in [-0.15, -0.1) is 0 Å². The van der Waals surface area contributed by atoms with E-state index in [0.29, 0.717) is 15.7 Å². The fourth-order valence-corrected chi connectivity index (χ4v) is 4.77. The van der Waals surface area contributed by atoms with Gasteiger partial charge in [-0.25, -0.2) is 9.59 Å². The van der Waals surface area contributed by atoms with Gasteiger partial charge in [-0.2, -0.15) is 0 Å². The molecule has 0 aromatic heterocycles. The molecule has 0 bridgehead atoms. The summed E-state index contributed by atoms with van der Waals surface area (Å²) in [5.74, 6) is -1.32. The van der Waals surface area contributed by atoms with Gasteiger partial charge in [-0.1, -0.05) is 48.5 Å². The molecule has 0 fully saturated rings. The molecule has 174 valence electrons. The van der Waals surface area contributed by atoms with Crippen LogP contribution in [0.25, 0.3) is 11.1 Å². The third kappa shape index (κ3) is 5.56. The number of alkyl carbamates (subject to hydrolysis) is 1. The normalized spacial score (nSPS) is 11.9. The minimum Gasteiger partial charge on any atom is -0.478 e. The second-order valence-electron chi connectivity index (χ2n) is 7.94. The van der Waals surface area contributed by atoms with Gasteiger partial charge in [-0.3, -0.25) is 4.79 Å². The van der Waals surface area contributed by atoms with Crippen LogP contribution in [0.2, 0.25) is 0 Å². The molecule has 0 radical (unpaired) electrons. The van der Waals surface area contributed by atoms with E-state index in [1.54, 1.807) is 6.07 Å². The van der Waals surface area contributed by atoms with Gasteiger partial charge in [0.1, 0.15) is 6.61 Å². The van der Waals surface area contributed by atoms with Crippen LogP contribution in [-0.2, 0) is 9.53 Å². The average Bonchev–Trinajstić information content (AvgIpc) is 3.14. The van der Waals surface area contributed by atoms with E-state index in [-0.39, 0.29) is 37.0 Å². The van der Waals surface area contributed by atoms with E-state index in [0.717, 1.165) is 11.1 Å². The molecule has 0 heterocycles. The van der Waals surface area contributed by atoms with E-state index in [1.165, 1.54) is 23.3 Å². The summed E-state index contributed by atoms with van der Waals surface area (Å²) < 4.78 is 6.20. The predicted molar refractivity (Wildman–Crippen MR) is 137 cm³/mol. The lowest BCUT2D eigenvalue weighted by Gasteiger charge is -2.14. The first-order chi connectivity index (χ1) is 16.4. The van der Waals surface area contributed by atoms with Crippen molar-refractivity contribution < 1.29 is 24.2 Å². The van der Waals surface area contributed by atoms with Crippen molar-refractivity contribution in [1.82, 2.24) is 5.32 Å². The van der Waals surface area contributed by atoms with Crippen LogP contribution in [0.15, 0.2) is 66.7 Å². The van der Waals surface area contributed by atoms with Gasteiger partial charge in [0.2, 0.25) is 5.91 Å². The van der Waals surface area contributed by atoms with Crippen LogP contribution in [0.3, 0.4) is 0 Å². The first kappa shape index (κ1) is 23.7. The van der Waals surface area contributed by atoms with Crippen LogP contribution in [0.5, 0.6) is 0 Å². The van der Waals surface area contributed by atoms with E-state index in [4.69, 9.17) is 9.84 Å². The van der Waals surface area contributed by atoms with Crippen molar-refractivity contribution in [2.45, 2.75) is 18.8 Å². The predicted octanol–water partition coefficient (Wildman–Crippen LogP) is 5.25. The summed E-state index contributed by atoms with van der Waals surface area (Å²) >= 11 is 2.00. The lowest BCUT2D eigenvalue weighted by Crippen LogP contribution is -2.27. The Balaban J connectivity index is 1.22. The third-order valence-corrected chi connectivity index (χ3v) is 6.24. The molecular weight excluding hydrogens is 547 g/mol. The van der Waals surface area contributed by atoms with Crippen LogP contribution < -0.4 is 10.6 Å². The highest BCUT2D eigenvalue weighted by Gasteiger charge is 2.28. The lowest BCUT2D eigenvalue weighted by atomic mass is 9.98. The Morgan fingerprint density at radius 1 is 0.941 bits per heavy atom. The minimum absolute atomic E-state index is 0.00621. The number of hydrogen-bond donors (Lipinski definition) is 3.